The number of aromatic nitrogens is 1. The lowest BCUT2D eigenvalue weighted by molar-refractivity contribution is 0.423. The molecule has 0 radical (unpaired) electrons. The van der Waals surface area contributed by atoms with E-state index in [1.54, 1.807) is 24.4 Å². The van der Waals surface area contributed by atoms with E-state index in [2.05, 4.69) is 20.9 Å². The number of rotatable bonds is 3. The Kier molecular flexibility index (Phi) is 4.19. The number of ether oxygens (including phenoxy) is 1. The summed E-state index contributed by atoms with van der Waals surface area (Å²) in [6, 6.07) is 6.46. The molecule has 2 rings (SSSR count). The monoisotopic (exact) mass is 329 g/mol. The topological polar surface area (TPSA) is 22.1 Å². The van der Waals surface area contributed by atoms with E-state index in [0.717, 1.165) is 10.0 Å². The van der Waals surface area contributed by atoms with Crippen LogP contribution in [-0.4, -0.2) is 4.98 Å². The average molecular weight is 331 g/mol. The van der Waals surface area contributed by atoms with Crippen LogP contribution in [-0.2, 0) is 5.88 Å². The first-order chi connectivity index (χ1) is 8.60. The third-order valence-corrected chi connectivity index (χ3v) is 3.05. The van der Waals surface area contributed by atoms with Crippen LogP contribution >= 0.6 is 27.5 Å². The van der Waals surface area contributed by atoms with Crippen molar-refractivity contribution in [2.75, 3.05) is 0 Å². The highest BCUT2D eigenvalue weighted by atomic mass is 79.9. The minimum absolute atomic E-state index is 0.149. The molecular weight excluding hydrogens is 321 g/mol. The fraction of sp³-hybridized carbons (Fsp3) is 0.154. The maximum atomic E-state index is 13.6. The van der Waals surface area contributed by atoms with Gasteiger partial charge in [-0.15, -0.1) is 11.6 Å². The van der Waals surface area contributed by atoms with Crippen LogP contribution in [0, 0.1) is 12.7 Å². The minimum Gasteiger partial charge on any atom is -0.436 e. The lowest BCUT2D eigenvalue weighted by atomic mass is 10.2. The molecular formula is C13H10BrClFNO. The Hall–Kier alpha value is -1.13. The first-order valence-corrected chi connectivity index (χ1v) is 6.57. The van der Waals surface area contributed by atoms with Crippen molar-refractivity contribution < 1.29 is 9.13 Å². The lowest BCUT2D eigenvalue weighted by Crippen LogP contribution is -1.95. The summed E-state index contributed by atoms with van der Waals surface area (Å²) in [4.78, 5) is 4.09. The van der Waals surface area contributed by atoms with Gasteiger partial charge in [-0.3, -0.25) is 0 Å². The highest BCUT2D eigenvalue weighted by Gasteiger charge is 2.10. The summed E-state index contributed by atoms with van der Waals surface area (Å²) in [7, 11) is 0. The molecule has 0 aliphatic heterocycles. The van der Waals surface area contributed by atoms with E-state index in [1.807, 2.05) is 6.92 Å². The second-order valence-corrected chi connectivity index (χ2v) is 4.97. The predicted octanol–water partition coefficient (Wildman–Crippen LogP) is 4.82. The first-order valence-electron chi connectivity index (χ1n) is 5.24. The van der Waals surface area contributed by atoms with Crippen LogP contribution in [0.2, 0.25) is 0 Å². The van der Waals surface area contributed by atoms with E-state index in [4.69, 9.17) is 16.3 Å². The summed E-state index contributed by atoms with van der Waals surface area (Å²) in [6.45, 7) is 1.86. The molecule has 0 saturated carbocycles. The van der Waals surface area contributed by atoms with Crippen molar-refractivity contribution >= 4 is 27.5 Å². The highest BCUT2D eigenvalue weighted by Crippen LogP contribution is 2.28. The van der Waals surface area contributed by atoms with Crippen molar-refractivity contribution in [1.29, 1.82) is 0 Å². The van der Waals surface area contributed by atoms with Crippen molar-refractivity contribution in [2.24, 2.45) is 0 Å². The first kappa shape index (κ1) is 13.3. The quantitative estimate of drug-likeness (QED) is 0.753. The number of benzene rings is 1. The molecule has 94 valence electrons. The van der Waals surface area contributed by atoms with Gasteiger partial charge in [-0.2, -0.15) is 0 Å². The second kappa shape index (κ2) is 5.67. The molecule has 0 N–H and O–H groups in total. The van der Waals surface area contributed by atoms with Gasteiger partial charge in [0.05, 0.1) is 5.88 Å². The van der Waals surface area contributed by atoms with Gasteiger partial charge in [-0.25, -0.2) is 9.37 Å². The molecule has 0 saturated heterocycles. The molecule has 18 heavy (non-hydrogen) atoms. The summed E-state index contributed by atoms with van der Waals surface area (Å²) in [5.41, 5.74) is 1.61. The summed E-state index contributed by atoms with van der Waals surface area (Å²) >= 11 is 9.10. The van der Waals surface area contributed by atoms with Gasteiger partial charge in [0.2, 0.25) is 5.88 Å². The van der Waals surface area contributed by atoms with Gasteiger partial charge < -0.3 is 4.74 Å². The maximum Gasteiger partial charge on any atom is 0.223 e. The van der Waals surface area contributed by atoms with Gasteiger partial charge in [-0.1, -0.05) is 6.07 Å². The molecule has 5 heteroatoms. The van der Waals surface area contributed by atoms with Crippen molar-refractivity contribution in [3.05, 3.63) is 51.9 Å². The zero-order chi connectivity index (χ0) is 13.1. The molecule has 0 bridgehead atoms. The van der Waals surface area contributed by atoms with Crippen LogP contribution in [0.25, 0.3) is 0 Å². The van der Waals surface area contributed by atoms with E-state index in [0.29, 0.717) is 11.4 Å². The Morgan fingerprint density at radius 1 is 1.39 bits per heavy atom. The van der Waals surface area contributed by atoms with Crippen molar-refractivity contribution in [3.8, 4) is 11.6 Å². The minimum atomic E-state index is -0.425. The van der Waals surface area contributed by atoms with E-state index < -0.39 is 5.82 Å². The number of nitrogens with zero attached hydrogens (tertiary/aromatic N) is 1. The molecule has 0 atom stereocenters. The van der Waals surface area contributed by atoms with Gasteiger partial charge in [-0.05, 0) is 46.6 Å². The van der Waals surface area contributed by atoms with E-state index in [1.165, 1.54) is 6.07 Å². The molecule has 2 aromatic rings. The predicted molar refractivity (Wildman–Crippen MR) is 72.7 cm³/mol. The Bertz CT molecular complexity index is 577. The van der Waals surface area contributed by atoms with Crippen LogP contribution < -0.4 is 4.74 Å². The van der Waals surface area contributed by atoms with Crippen LogP contribution in [0.5, 0.6) is 11.6 Å². The molecule has 0 unspecified atom stereocenters. The van der Waals surface area contributed by atoms with Crippen LogP contribution in [0.3, 0.4) is 0 Å². The standard InChI is InChI=1S/C13H10BrClFNO/c1-8-2-3-11(16)12(4-8)18-13-9(6-15)5-10(14)7-17-13/h2-5,7H,6H2,1H3. The van der Waals surface area contributed by atoms with Crippen LogP contribution in [0.1, 0.15) is 11.1 Å². The maximum absolute atomic E-state index is 13.6. The molecule has 0 aliphatic carbocycles. The number of hydrogen-bond donors (Lipinski definition) is 0. The molecule has 0 spiro atoms. The normalized spacial score (nSPS) is 10.4. The summed E-state index contributed by atoms with van der Waals surface area (Å²) < 4.78 is 19.9. The second-order valence-electron chi connectivity index (χ2n) is 3.79. The summed E-state index contributed by atoms with van der Waals surface area (Å²) in [5, 5.41) is 0. The largest absolute Gasteiger partial charge is 0.436 e. The zero-order valence-electron chi connectivity index (χ0n) is 9.58. The third-order valence-electron chi connectivity index (χ3n) is 2.33. The Labute approximate surface area is 118 Å². The van der Waals surface area contributed by atoms with Gasteiger partial charge >= 0.3 is 0 Å². The van der Waals surface area contributed by atoms with E-state index in [-0.39, 0.29) is 11.6 Å². The Morgan fingerprint density at radius 2 is 2.17 bits per heavy atom. The van der Waals surface area contributed by atoms with Crippen molar-refractivity contribution in [1.82, 2.24) is 4.98 Å². The number of halogens is 3. The summed E-state index contributed by atoms with van der Waals surface area (Å²) in [6.07, 6.45) is 1.58. The van der Waals surface area contributed by atoms with E-state index >= 15 is 0 Å². The molecule has 1 heterocycles. The molecule has 0 amide bonds. The number of aryl methyl sites for hydroxylation is 1. The fourth-order valence-corrected chi connectivity index (χ4v) is 2.02. The van der Waals surface area contributed by atoms with Crippen LogP contribution in [0.4, 0.5) is 4.39 Å². The molecule has 0 aliphatic rings. The smallest absolute Gasteiger partial charge is 0.223 e. The van der Waals surface area contributed by atoms with Crippen molar-refractivity contribution in [3.63, 3.8) is 0 Å². The number of pyridine rings is 1. The SMILES string of the molecule is Cc1ccc(F)c(Oc2ncc(Br)cc2CCl)c1. The van der Waals surface area contributed by atoms with Gasteiger partial charge in [0, 0.05) is 16.2 Å². The average Bonchev–Trinajstić information content (AvgIpc) is 2.36. The molecule has 1 aromatic carbocycles. The van der Waals surface area contributed by atoms with Crippen molar-refractivity contribution in [2.45, 2.75) is 12.8 Å². The number of hydrogen-bond acceptors (Lipinski definition) is 2. The zero-order valence-corrected chi connectivity index (χ0v) is 11.9. The molecule has 0 fully saturated rings. The van der Waals surface area contributed by atoms with Crippen LogP contribution in [0.15, 0.2) is 34.9 Å². The fourth-order valence-electron chi connectivity index (χ4n) is 1.45. The van der Waals surface area contributed by atoms with Gasteiger partial charge in [0.1, 0.15) is 0 Å². The number of alkyl halides is 1. The third kappa shape index (κ3) is 3.00. The lowest BCUT2D eigenvalue weighted by Gasteiger charge is -2.10. The van der Waals surface area contributed by atoms with Gasteiger partial charge in [0.25, 0.3) is 0 Å². The highest BCUT2D eigenvalue weighted by molar-refractivity contribution is 9.10. The summed E-state index contributed by atoms with van der Waals surface area (Å²) in [5.74, 6) is 0.287. The van der Waals surface area contributed by atoms with E-state index in [9.17, 15) is 4.39 Å². The molecule has 1 aromatic heterocycles. The Morgan fingerprint density at radius 3 is 2.89 bits per heavy atom. The molecule has 2 nitrogen and oxygen atoms in total. The Balaban J connectivity index is 2.36. The van der Waals surface area contributed by atoms with Gasteiger partial charge in [0.15, 0.2) is 11.6 Å².